The van der Waals surface area contributed by atoms with Crippen molar-refractivity contribution in [1.29, 1.82) is 0 Å². The summed E-state index contributed by atoms with van der Waals surface area (Å²) >= 11 is 13.6. The second-order valence-electron chi connectivity index (χ2n) is 3.54. The summed E-state index contributed by atoms with van der Waals surface area (Å²) in [6.45, 7) is 0. The zero-order valence-corrected chi connectivity index (χ0v) is 12.0. The molecule has 2 nitrogen and oxygen atoms in total. The Kier molecular flexibility index (Phi) is 4.75. The monoisotopic (exact) mass is 299 g/mol. The summed E-state index contributed by atoms with van der Waals surface area (Å²) in [4.78, 5) is 4.23. The summed E-state index contributed by atoms with van der Waals surface area (Å²) in [5.74, 6) is 1.53. The van der Waals surface area contributed by atoms with Crippen LogP contribution in [0, 0.1) is 0 Å². The summed E-state index contributed by atoms with van der Waals surface area (Å²) in [7, 11) is 1.64. The molecule has 0 spiro atoms. The smallest absolute Gasteiger partial charge is 0.123 e. The molecule has 2 rings (SSSR count). The molecule has 94 valence electrons. The number of hydrogen-bond acceptors (Lipinski definition) is 3. The Morgan fingerprint density at radius 2 is 2.11 bits per heavy atom. The van der Waals surface area contributed by atoms with E-state index in [4.69, 9.17) is 27.9 Å². The summed E-state index contributed by atoms with van der Waals surface area (Å²) in [6.07, 6.45) is 1.73. The van der Waals surface area contributed by atoms with Crippen molar-refractivity contribution < 1.29 is 4.74 Å². The first-order valence-electron chi connectivity index (χ1n) is 5.26. The van der Waals surface area contributed by atoms with Crippen molar-refractivity contribution in [2.75, 3.05) is 7.11 Å². The number of aromatic nitrogens is 1. The highest BCUT2D eigenvalue weighted by Gasteiger charge is 2.07. The highest BCUT2D eigenvalue weighted by atomic mass is 35.5. The van der Waals surface area contributed by atoms with E-state index in [0.29, 0.717) is 15.8 Å². The fourth-order valence-corrected chi connectivity index (χ4v) is 2.82. The van der Waals surface area contributed by atoms with E-state index in [2.05, 4.69) is 4.98 Å². The molecule has 0 atom stereocenters. The van der Waals surface area contributed by atoms with Gasteiger partial charge in [-0.2, -0.15) is 0 Å². The quantitative estimate of drug-likeness (QED) is 0.765. The van der Waals surface area contributed by atoms with Gasteiger partial charge in [0.2, 0.25) is 0 Å². The number of halogens is 2. The van der Waals surface area contributed by atoms with Crippen LogP contribution in [0.3, 0.4) is 0 Å². The van der Waals surface area contributed by atoms with Crippen molar-refractivity contribution in [3.8, 4) is 5.75 Å². The van der Waals surface area contributed by atoms with Crippen molar-refractivity contribution in [2.45, 2.75) is 10.8 Å². The van der Waals surface area contributed by atoms with Crippen LogP contribution in [-0.4, -0.2) is 12.1 Å². The molecule has 0 saturated heterocycles. The molecule has 0 saturated carbocycles. The third kappa shape index (κ3) is 3.31. The Balaban J connectivity index is 2.15. The number of rotatable bonds is 4. The minimum absolute atomic E-state index is 0.656. The van der Waals surface area contributed by atoms with Crippen LogP contribution in [0.4, 0.5) is 0 Å². The molecular formula is C13H11Cl2NOS. The van der Waals surface area contributed by atoms with Gasteiger partial charge in [-0.1, -0.05) is 23.2 Å². The lowest BCUT2D eigenvalue weighted by Crippen LogP contribution is -1.91. The number of thioether (sulfide) groups is 1. The Morgan fingerprint density at radius 1 is 1.28 bits per heavy atom. The maximum absolute atomic E-state index is 6.05. The predicted molar refractivity (Wildman–Crippen MR) is 76.8 cm³/mol. The molecule has 1 aromatic heterocycles. The zero-order chi connectivity index (χ0) is 13.0. The van der Waals surface area contributed by atoms with Crippen LogP contribution < -0.4 is 4.74 Å². The van der Waals surface area contributed by atoms with E-state index in [1.165, 1.54) is 0 Å². The van der Waals surface area contributed by atoms with Crippen molar-refractivity contribution >= 4 is 35.0 Å². The lowest BCUT2D eigenvalue weighted by atomic mass is 10.2. The molecule has 0 amide bonds. The zero-order valence-electron chi connectivity index (χ0n) is 9.69. The van der Waals surface area contributed by atoms with Crippen LogP contribution >= 0.6 is 35.0 Å². The highest BCUT2D eigenvalue weighted by Crippen LogP contribution is 2.31. The maximum Gasteiger partial charge on any atom is 0.123 e. The average molecular weight is 300 g/mol. The number of ether oxygens (including phenoxy) is 1. The third-order valence-corrected chi connectivity index (χ3v) is 4.04. The standard InChI is InChI=1S/C13H11Cl2NOS/c1-17-12-5-4-10(14)7-9(12)8-18-13-11(15)3-2-6-16-13/h2-7H,8H2,1H3. The van der Waals surface area contributed by atoms with Gasteiger partial charge in [0.25, 0.3) is 0 Å². The molecule has 0 bridgehead atoms. The van der Waals surface area contributed by atoms with E-state index in [1.54, 1.807) is 25.1 Å². The molecule has 0 unspecified atom stereocenters. The fraction of sp³-hybridized carbons (Fsp3) is 0.154. The Bertz CT molecular complexity index is 548. The second-order valence-corrected chi connectivity index (χ2v) is 5.34. The van der Waals surface area contributed by atoms with E-state index in [0.717, 1.165) is 16.3 Å². The largest absolute Gasteiger partial charge is 0.496 e. The summed E-state index contributed by atoms with van der Waals surface area (Å²) in [5, 5.41) is 2.16. The van der Waals surface area contributed by atoms with Crippen LogP contribution in [0.2, 0.25) is 10.0 Å². The van der Waals surface area contributed by atoms with Gasteiger partial charge in [0.05, 0.1) is 12.1 Å². The van der Waals surface area contributed by atoms with Gasteiger partial charge in [-0.25, -0.2) is 4.98 Å². The fourth-order valence-electron chi connectivity index (χ4n) is 1.48. The van der Waals surface area contributed by atoms with Crippen LogP contribution in [0.25, 0.3) is 0 Å². The number of nitrogens with zero attached hydrogens (tertiary/aromatic N) is 1. The molecule has 1 aromatic carbocycles. The normalized spacial score (nSPS) is 10.4. The second kappa shape index (κ2) is 6.32. The topological polar surface area (TPSA) is 22.1 Å². The van der Waals surface area contributed by atoms with Crippen molar-refractivity contribution in [1.82, 2.24) is 4.98 Å². The molecule has 1 heterocycles. The van der Waals surface area contributed by atoms with E-state index in [1.807, 2.05) is 30.3 Å². The van der Waals surface area contributed by atoms with Crippen LogP contribution in [0.15, 0.2) is 41.6 Å². The number of hydrogen-bond donors (Lipinski definition) is 0. The van der Waals surface area contributed by atoms with Crippen molar-refractivity contribution in [3.05, 3.63) is 52.1 Å². The van der Waals surface area contributed by atoms with E-state index in [-0.39, 0.29) is 0 Å². The highest BCUT2D eigenvalue weighted by molar-refractivity contribution is 7.98. The van der Waals surface area contributed by atoms with Gasteiger partial charge in [-0.15, -0.1) is 11.8 Å². The summed E-state index contributed by atoms with van der Waals surface area (Å²) < 4.78 is 5.29. The Labute approximate surface area is 120 Å². The van der Waals surface area contributed by atoms with E-state index < -0.39 is 0 Å². The molecule has 0 aliphatic heterocycles. The van der Waals surface area contributed by atoms with E-state index >= 15 is 0 Å². The molecule has 5 heteroatoms. The SMILES string of the molecule is COc1ccc(Cl)cc1CSc1ncccc1Cl. The maximum atomic E-state index is 6.05. The van der Waals surface area contributed by atoms with Gasteiger partial charge in [0.1, 0.15) is 10.8 Å². The minimum Gasteiger partial charge on any atom is -0.496 e. The Hall–Kier alpha value is -0.900. The first kappa shape index (κ1) is 13.5. The first-order valence-corrected chi connectivity index (χ1v) is 7.00. The molecule has 0 aliphatic rings. The summed E-state index contributed by atoms with van der Waals surface area (Å²) in [5.41, 5.74) is 1.02. The third-order valence-electron chi connectivity index (χ3n) is 2.33. The predicted octanol–water partition coefficient (Wildman–Crippen LogP) is 4.69. The Morgan fingerprint density at radius 3 is 2.83 bits per heavy atom. The lowest BCUT2D eigenvalue weighted by molar-refractivity contribution is 0.411. The molecule has 0 fully saturated rings. The number of benzene rings is 1. The van der Waals surface area contributed by atoms with Crippen LogP contribution in [-0.2, 0) is 5.75 Å². The summed E-state index contributed by atoms with van der Waals surface area (Å²) in [6, 6.07) is 9.20. The lowest BCUT2D eigenvalue weighted by Gasteiger charge is -2.08. The van der Waals surface area contributed by atoms with Gasteiger partial charge in [-0.05, 0) is 30.3 Å². The molecule has 0 N–H and O–H groups in total. The number of methoxy groups -OCH3 is 1. The van der Waals surface area contributed by atoms with Gasteiger partial charge >= 0.3 is 0 Å². The van der Waals surface area contributed by atoms with Gasteiger partial charge in [-0.3, -0.25) is 0 Å². The van der Waals surface area contributed by atoms with Crippen molar-refractivity contribution in [3.63, 3.8) is 0 Å². The van der Waals surface area contributed by atoms with E-state index in [9.17, 15) is 0 Å². The van der Waals surface area contributed by atoms with Gasteiger partial charge < -0.3 is 4.74 Å². The molecule has 0 aliphatic carbocycles. The first-order chi connectivity index (χ1) is 8.70. The number of pyridine rings is 1. The van der Waals surface area contributed by atoms with Gasteiger partial charge in [0.15, 0.2) is 0 Å². The van der Waals surface area contributed by atoms with Crippen molar-refractivity contribution in [2.24, 2.45) is 0 Å². The van der Waals surface area contributed by atoms with Crippen LogP contribution in [0.5, 0.6) is 5.75 Å². The van der Waals surface area contributed by atoms with Gasteiger partial charge in [0, 0.05) is 22.5 Å². The molecular weight excluding hydrogens is 289 g/mol. The molecule has 0 radical (unpaired) electrons. The minimum atomic E-state index is 0.656. The molecule has 18 heavy (non-hydrogen) atoms. The van der Waals surface area contributed by atoms with Crippen LogP contribution in [0.1, 0.15) is 5.56 Å². The average Bonchev–Trinajstić information content (AvgIpc) is 2.38. The molecule has 2 aromatic rings.